The third kappa shape index (κ3) is 10.6. The van der Waals surface area contributed by atoms with E-state index in [2.05, 4.69) is 37.8 Å². The highest BCUT2D eigenvalue weighted by Crippen LogP contribution is 2.30. The van der Waals surface area contributed by atoms with Gasteiger partial charge in [0.25, 0.3) is 0 Å². The van der Waals surface area contributed by atoms with Crippen LogP contribution in [-0.2, 0) is 0 Å². The Balaban J connectivity index is 0.00000784. The van der Waals surface area contributed by atoms with Crippen LogP contribution in [0.2, 0.25) is 0 Å². The van der Waals surface area contributed by atoms with Crippen LogP contribution in [-0.4, -0.2) is 47.5 Å². The summed E-state index contributed by atoms with van der Waals surface area (Å²) in [6, 6.07) is 10.5. The van der Waals surface area contributed by atoms with Gasteiger partial charge in [0.15, 0.2) is 0 Å². The molecule has 0 radical (unpaired) electrons. The van der Waals surface area contributed by atoms with Crippen molar-refractivity contribution in [3.63, 3.8) is 0 Å². The van der Waals surface area contributed by atoms with Crippen molar-refractivity contribution >= 4 is 0 Å². The van der Waals surface area contributed by atoms with Gasteiger partial charge in [0.2, 0.25) is 0 Å². The fraction of sp³-hybridized carbons (Fsp3) is 0.680. The van der Waals surface area contributed by atoms with Gasteiger partial charge in [-0.3, -0.25) is 0 Å². The van der Waals surface area contributed by atoms with Gasteiger partial charge in [-0.15, -0.1) is 0 Å². The fourth-order valence-corrected chi connectivity index (χ4v) is 4.39. The van der Waals surface area contributed by atoms with E-state index in [1.165, 1.54) is 63.4 Å². The largest absolute Gasteiger partial charge is 1.00 e. The maximum Gasteiger partial charge on any atom is 0.133 e. The van der Waals surface area contributed by atoms with Crippen LogP contribution in [0.1, 0.15) is 82.7 Å². The molecule has 0 saturated carbocycles. The minimum atomic E-state index is 0. The molecule has 3 nitrogen and oxygen atoms in total. The van der Waals surface area contributed by atoms with E-state index in [4.69, 9.17) is 0 Å². The van der Waals surface area contributed by atoms with Gasteiger partial charge >= 0.3 is 0 Å². The molecule has 1 rings (SSSR count). The second-order valence-corrected chi connectivity index (χ2v) is 8.11. The van der Waals surface area contributed by atoms with E-state index in [-0.39, 0.29) is 31.7 Å². The minimum absolute atomic E-state index is 0. The number of aliphatic hydroxyl groups is 2. The smallest absolute Gasteiger partial charge is 0.133 e. The molecule has 0 fully saturated rings. The Morgan fingerprint density at radius 2 is 1.28 bits per heavy atom. The monoisotopic (exact) mass is 425 g/mol. The number of rotatable bonds is 18. The van der Waals surface area contributed by atoms with Crippen molar-refractivity contribution in [2.24, 2.45) is 0 Å². The van der Waals surface area contributed by atoms with Crippen molar-refractivity contribution in [2.75, 3.05) is 32.8 Å². The van der Waals surface area contributed by atoms with Crippen LogP contribution in [0.5, 0.6) is 0 Å². The highest BCUT2D eigenvalue weighted by molar-refractivity contribution is 5.20. The molecule has 4 heteroatoms. The lowest BCUT2D eigenvalue weighted by Gasteiger charge is -2.43. The molecule has 0 aliphatic carbocycles. The molecule has 1 aromatic carbocycles. The summed E-state index contributed by atoms with van der Waals surface area (Å²) in [6.45, 7) is 8.91. The topological polar surface area (TPSA) is 40.5 Å². The molecule has 1 aromatic rings. The molecule has 0 aliphatic rings. The van der Waals surface area contributed by atoms with Crippen LogP contribution in [0.15, 0.2) is 43.0 Å². The van der Waals surface area contributed by atoms with Crippen molar-refractivity contribution in [3.05, 3.63) is 48.6 Å². The highest BCUT2D eigenvalue weighted by Gasteiger charge is 2.34. The second-order valence-electron chi connectivity index (χ2n) is 8.11. The van der Waals surface area contributed by atoms with Crippen LogP contribution in [0, 0.1) is 0 Å². The first-order chi connectivity index (χ1) is 13.7. The van der Waals surface area contributed by atoms with Crippen molar-refractivity contribution in [1.29, 1.82) is 0 Å². The summed E-state index contributed by atoms with van der Waals surface area (Å²) in [5.74, 6) is 0. The Bertz CT molecular complexity index is 489. The summed E-state index contributed by atoms with van der Waals surface area (Å²) in [4.78, 5) is 0. The number of halogens is 1. The number of benzene rings is 1. The highest BCUT2D eigenvalue weighted by atomic mass is 35.5. The normalized spacial score (nSPS) is 12.4. The third-order valence-electron chi connectivity index (χ3n) is 6.00. The Hall–Kier alpha value is -0.870. The predicted octanol–water partition coefficient (Wildman–Crippen LogP) is 2.64. The lowest BCUT2D eigenvalue weighted by molar-refractivity contribution is -0.951. The van der Waals surface area contributed by atoms with E-state index in [0.29, 0.717) is 17.6 Å². The van der Waals surface area contributed by atoms with E-state index in [1.54, 1.807) is 0 Å². The average molecular weight is 426 g/mol. The van der Waals surface area contributed by atoms with E-state index >= 15 is 0 Å². The molecule has 2 N–H and O–H groups in total. The van der Waals surface area contributed by atoms with Gasteiger partial charge in [-0.1, -0.05) is 95.2 Å². The molecule has 0 saturated heterocycles. The molecule has 0 spiro atoms. The quantitative estimate of drug-likeness (QED) is 0.215. The Morgan fingerprint density at radius 3 is 1.72 bits per heavy atom. The molecule has 0 aliphatic heterocycles. The van der Waals surface area contributed by atoms with Crippen molar-refractivity contribution in [1.82, 2.24) is 0 Å². The van der Waals surface area contributed by atoms with Crippen LogP contribution in [0.25, 0.3) is 0 Å². The van der Waals surface area contributed by atoms with Crippen molar-refractivity contribution in [2.45, 2.75) is 77.2 Å². The Kier molecular flexibility index (Phi) is 17.4. The molecule has 168 valence electrons. The molecular formula is C25H44ClNO2. The van der Waals surface area contributed by atoms with Gasteiger partial charge in [-0.05, 0) is 18.9 Å². The number of nitrogens with zero attached hydrogens (tertiary/aromatic N) is 1. The van der Waals surface area contributed by atoms with Gasteiger partial charge in [-0.25, -0.2) is 0 Å². The Labute approximate surface area is 185 Å². The van der Waals surface area contributed by atoms with Gasteiger partial charge in [0.05, 0.1) is 19.8 Å². The lowest BCUT2D eigenvalue weighted by Crippen LogP contribution is -3.00. The zero-order chi connectivity index (χ0) is 20.5. The minimum Gasteiger partial charge on any atom is -1.00 e. The average Bonchev–Trinajstić information content (AvgIpc) is 2.71. The maximum atomic E-state index is 9.75. The first kappa shape index (κ1) is 28.1. The molecule has 29 heavy (non-hydrogen) atoms. The van der Waals surface area contributed by atoms with Crippen molar-refractivity contribution < 1.29 is 27.1 Å². The van der Waals surface area contributed by atoms with E-state index in [9.17, 15) is 10.2 Å². The van der Waals surface area contributed by atoms with Gasteiger partial charge in [0, 0.05) is 5.56 Å². The molecular weight excluding hydrogens is 382 g/mol. The standard InChI is InChI=1S/C25H44NO2.ClH/c1-3-5-6-7-8-9-10-11-12-16-19-26(20-22-27,21-23-28)25(4-2)24-17-14-13-15-18-24;/h4,13-15,17-18,25,27-28H,2-3,5-12,16,19-23H2,1H3;1H/q+1;/p-1. The number of hydrogen-bond acceptors (Lipinski definition) is 2. The van der Waals surface area contributed by atoms with Crippen LogP contribution in [0.3, 0.4) is 0 Å². The zero-order valence-electron chi connectivity index (χ0n) is 18.6. The number of quaternary nitrogens is 1. The van der Waals surface area contributed by atoms with Crippen LogP contribution in [0.4, 0.5) is 0 Å². The third-order valence-corrected chi connectivity index (χ3v) is 6.00. The number of aliphatic hydroxyl groups excluding tert-OH is 2. The molecule has 0 heterocycles. The maximum absolute atomic E-state index is 9.75. The number of hydrogen-bond donors (Lipinski definition) is 2. The summed E-state index contributed by atoms with van der Waals surface area (Å²) < 4.78 is 0.692. The van der Waals surface area contributed by atoms with Crippen molar-refractivity contribution in [3.8, 4) is 0 Å². The summed E-state index contributed by atoms with van der Waals surface area (Å²) in [7, 11) is 0. The molecule has 0 aromatic heterocycles. The first-order valence-corrected chi connectivity index (χ1v) is 11.5. The van der Waals surface area contributed by atoms with E-state index < -0.39 is 0 Å². The van der Waals surface area contributed by atoms with Gasteiger partial charge in [-0.2, -0.15) is 0 Å². The summed E-state index contributed by atoms with van der Waals surface area (Å²) >= 11 is 0. The predicted molar refractivity (Wildman–Crippen MR) is 120 cm³/mol. The fourth-order valence-electron chi connectivity index (χ4n) is 4.39. The van der Waals surface area contributed by atoms with Crippen LogP contribution >= 0.6 is 0 Å². The van der Waals surface area contributed by atoms with Gasteiger partial charge < -0.3 is 27.1 Å². The van der Waals surface area contributed by atoms with Gasteiger partial charge in [0.1, 0.15) is 19.1 Å². The zero-order valence-corrected chi connectivity index (χ0v) is 19.3. The van der Waals surface area contributed by atoms with E-state index in [0.717, 1.165) is 13.0 Å². The van der Waals surface area contributed by atoms with E-state index in [1.807, 2.05) is 12.1 Å². The first-order valence-electron chi connectivity index (χ1n) is 11.5. The summed E-state index contributed by atoms with van der Waals surface area (Å²) in [6.07, 6.45) is 15.2. The SMILES string of the molecule is C=CC(c1ccccc1)[N+](CCO)(CCO)CCCCCCCCCCCC.[Cl-]. The second kappa shape index (κ2) is 17.9. The molecule has 1 atom stereocenters. The summed E-state index contributed by atoms with van der Waals surface area (Å²) in [5.41, 5.74) is 1.21. The lowest BCUT2D eigenvalue weighted by atomic mass is 10.00. The molecule has 1 unspecified atom stereocenters. The van der Waals surface area contributed by atoms with Crippen LogP contribution < -0.4 is 12.4 Å². The molecule has 0 amide bonds. The number of unbranched alkanes of at least 4 members (excludes halogenated alkanes) is 9. The molecule has 0 bridgehead atoms. The summed E-state index contributed by atoms with van der Waals surface area (Å²) in [5, 5.41) is 19.5. The Morgan fingerprint density at radius 1 is 0.793 bits per heavy atom.